The van der Waals surface area contributed by atoms with Crippen LogP contribution in [0.5, 0.6) is 0 Å². The number of hydrogen-bond donors (Lipinski definition) is 0. The van der Waals surface area contributed by atoms with Crippen molar-refractivity contribution >= 4 is 0 Å². The zero-order chi connectivity index (χ0) is 17.3. The molecule has 0 spiro atoms. The van der Waals surface area contributed by atoms with Crippen molar-refractivity contribution in [3.05, 3.63) is 24.0 Å². The highest BCUT2D eigenvalue weighted by Crippen LogP contribution is 2.38. The zero-order valence-electron chi connectivity index (χ0n) is 14.9. The fraction of sp³-hybridized carbons (Fsp3) is 0.667. The second-order valence-electron chi connectivity index (χ2n) is 7.31. The van der Waals surface area contributed by atoms with Crippen LogP contribution in [0, 0.1) is 0 Å². The first-order valence-electron chi connectivity index (χ1n) is 9.52. The molecule has 8 heteroatoms. The predicted octanol–water partition coefficient (Wildman–Crippen LogP) is 1.41. The molecular weight excluding hydrogens is 332 g/mol. The van der Waals surface area contributed by atoms with Crippen LogP contribution in [0.25, 0.3) is 11.4 Å². The van der Waals surface area contributed by atoms with E-state index in [4.69, 9.17) is 19.6 Å². The molecule has 0 amide bonds. The largest absolute Gasteiger partial charge is 0.379 e. The van der Waals surface area contributed by atoms with Gasteiger partial charge in [0.15, 0.2) is 11.6 Å². The molecule has 0 N–H and O–H groups in total. The van der Waals surface area contributed by atoms with Gasteiger partial charge in [0.2, 0.25) is 0 Å². The molecule has 138 valence electrons. The summed E-state index contributed by atoms with van der Waals surface area (Å²) in [5.41, 5.74) is 0.932. The molecule has 2 aromatic heterocycles. The topological polar surface area (TPSA) is 78.2 Å². The Morgan fingerprint density at radius 3 is 2.50 bits per heavy atom. The molecule has 1 atom stereocenters. The fourth-order valence-electron chi connectivity index (χ4n) is 3.57. The van der Waals surface area contributed by atoms with Crippen molar-refractivity contribution in [1.82, 2.24) is 29.6 Å². The van der Waals surface area contributed by atoms with Crippen LogP contribution in [0.1, 0.15) is 42.9 Å². The minimum atomic E-state index is 0.235. The van der Waals surface area contributed by atoms with E-state index in [2.05, 4.69) is 14.9 Å². The van der Waals surface area contributed by atoms with Crippen LogP contribution in [0.4, 0.5) is 0 Å². The van der Waals surface area contributed by atoms with Gasteiger partial charge in [0.1, 0.15) is 5.82 Å². The molecule has 0 bridgehead atoms. The van der Waals surface area contributed by atoms with Crippen LogP contribution < -0.4 is 0 Å². The monoisotopic (exact) mass is 356 g/mol. The van der Waals surface area contributed by atoms with E-state index in [1.54, 1.807) is 0 Å². The SMILES string of the molecule is c1nc(C2CC2)ncc1-c1nc(CN2CCOCC2)nn1C1CCOC1. The quantitative estimate of drug-likeness (QED) is 0.801. The van der Waals surface area contributed by atoms with Crippen LogP contribution in [-0.4, -0.2) is 69.1 Å². The first-order chi connectivity index (χ1) is 12.9. The molecule has 1 saturated carbocycles. The molecule has 26 heavy (non-hydrogen) atoms. The maximum Gasteiger partial charge on any atom is 0.165 e. The number of rotatable bonds is 5. The maximum absolute atomic E-state index is 5.57. The molecule has 4 heterocycles. The van der Waals surface area contributed by atoms with Crippen molar-refractivity contribution in [2.75, 3.05) is 39.5 Å². The lowest BCUT2D eigenvalue weighted by atomic mass is 10.2. The van der Waals surface area contributed by atoms with Gasteiger partial charge >= 0.3 is 0 Å². The number of hydrogen-bond acceptors (Lipinski definition) is 7. The highest BCUT2D eigenvalue weighted by Gasteiger charge is 2.28. The Balaban J connectivity index is 1.43. The van der Waals surface area contributed by atoms with Crippen LogP contribution >= 0.6 is 0 Å². The zero-order valence-corrected chi connectivity index (χ0v) is 14.9. The van der Waals surface area contributed by atoms with Gasteiger partial charge < -0.3 is 9.47 Å². The van der Waals surface area contributed by atoms with Crippen LogP contribution in [-0.2, 0) is 16.0 Å². The molecule has 1 aliphatic carbocycles. The molecule has 5 rings (SSSR count). The summed E-state index contributed by atoms with van der Waals surface area (Å²) >= 11 is 0. The summed E-state index contributed by atoms with van der Waals surface area (Å²) in [6, 6.07) is 0.235. The van der Waals surface area contributed by atoms with E-state index in [1.165, 1.54) is 12.8 Å². The highest BCUT2D eigenvalue weighted by atomic mass is 16.5. The normalized spacial score (nSPS) is 24.2. The number of morpholine rings is 1. The maximum atomic E-state index is 5.57. The third-order valence-electron chi connectivity index (χ3n) is 5.27. The molecular formula is C18H24N6O2. The van der Waals surface area contributed by atoms with E-state index in [9.17, 15) is 0 Å². The summed E-state index contributed by atoms with van der Waals surface area (Å²) in [6.07, 6.45) is 7.18. The van der Waals surface area contributed by atoms with E-state index in [1.807, 2.05) is 17.1 Å². The molecule has 3 fully saturated rings. The lowest BCUT2D eigenvalue weighted by Crippen LogP contribution is -2.36. The van der Waals surface area contributed by atoms with E-state index in [0.29, 0.717) is 12.5 Å². The molecule has 0 aromatic carbocycles. The van der Waals surface area contributed by atoms with Gasteiger partial charge in [-0.1, -0.05) is 0 Å². The highest BCUT2D eigenvalue weighted by molar-refractivity contribution is 5.52. The Bertz CT molecular complexity index is 746. The van der Waals surface area contributed by atoms with Crippen molar-refractivity contribution in [3.8, 4) is 11.4 Å². The fourth-order valence-corrected chi connectivity index (χ4v) is 3.57. The Kier molecular flexibility index (Phi) is 4.40. The molecule has 0 radical (unpaired) electrons. The van der Waals surface area contributed by atoms with E-state index < -0.39 is 0 Å². The minimum absolute atomic E-state index is 0.235. The molecule has 3 aliphatic rings. The first-order valence-corrected chi connectivity index (χ1v) is 9.52. The van der Waals surface area contributed by atoms with Gasteiger partial charge in [-0.25, -0.2) is 19.6 Å². The van der Waals surface area contributed by atoms with Gasteiger partial charge in [0, 0.05) is 38.0 Å². The van der Waals surface area contributed by atoms with Crippen molar-refractivity contribution in [1.29, 1.82) is 0 Å². The Morgan fingerprint density at radius 1 is 1.00 bits per heavy atom. The summed E-state index contributed by atoms with van der Waals surface area (Å²) < 4.78 is 13.0. The Morgan fingerprint density at radius 2 is 1.81 bits per heavy atom. The van der Waals surface area contributed by atoms with Crippen molar-refractivity contribution < 1.29 is 9.47 Å². The van der Waals surface area contributed by atoms with Gasteiger partial charge in [0.25, 0.3) is 0 Å². The Hall–Kier alpha value is -1.90. The third kappa shape index (κ3) is 3.36. The number of nitrogens with zero attached hydrogens (tertiary/aromatic N) is 6. The lowest BCUT2D eigenvalue weighted by molar-refractivity contribution is 0.0330. The average molecular weight is 356 g/mol. The van der Waals surface area contributed by atoms with Gasteiger partial charge in [-0.3, -0.25) is 4.90 Å². The van der Waals surface area contributed by atoms with E-state index in [0.717, 1.165) is 68.9 Å². The summed E-state index contributed by atoms with van der Waals surface area (Å²) in [6.45, 7) is 5.62. The predicted molar refractivity (Wildman–Crippen MR) is 93.6 cm³/mol. The Labute approximate surface area is 152 Å². The summed E-state index contributed by atoms with van der Waals surface area (Å²) in [7, 11) is 0. The van der Waals surface area contributed by atoms with Gasteiger partial charge in [-0.15, -0.1) is 0 Å². The minimum Gasteiger partial charge on any atom is -0.379 e. The van der Waals surface area contributed by atoms with E-state index in [-0.39, 0.29) is 6.04 Å². The van der Waals surface area contributed by atoms with Crippen LogP contribution in [0.15, 0.2) is 12.4 Å². The van der Waals surface area contributed by atoms with Crippen LogP contribution in [0.2, 0.25) is 0 Å². The number of aromatic nitrogens is 5. The molecule has 8 nitrogen and oxygen atoms in total. The van der Waals surface area contributed by atoms with E-state index >= 15 is 0 Å². The number of ether oxygens (including phenoxy) is 2. The van der Waals surface area contributed by atoms with Crippen molar-refractivity contribution in [2.24, 2.45) is 0 Å². The average Bonchev–Trinajstić information content (AvgIpc) is 3.23. The summed E-state index contributed by atoms with van der Waals surface area (Å²) in [4.78, 5) is 16.3. The first kappa shape index (κ1) is 16.3. The van der Waals surface area contributed by atoms with Gasteiger partial charge in [0.05, 0.1) is 38.0 Å². The lowest BCUT2D eigenvalue weighted by Gasteiger charge is -2.25. The second-order valence-corrected chi connectivity index (χ2v) is 7.31. The van der Waals surface area contributed by atoms with Gasteiger partial charge in [-0.05, 0) is 19.3 Å². The molecule has 2 aromatic rings. The molecule has 2 aliphatic heterocycles. The molecule has 1 unspecified atom stereocenters. The van der Waals surface area contributed by atoms with Crippen molar-refractivity contribution in [3.63, 3.8) is 0 Å². The third-order valence-corrected chi connectivity index (χ3v) is 5.27. The van der Waals surface area contributed by atoms with Crippen molar-refractivity contribution in [2.45, 2.75) is 37.8 Å². The molecule has 2 saturated heterocycles. The standard InChI is InChI=1S/C18H24N6O2/c1-2-13(1)17-19-9-14(10-20-17)18-21-16(11-23-4-7-25-8-5-23)22-24(18)15-3-6-26-12-15/h9-10,13,15H,1-8,11-12H2. The summed E-state index contributed by atoms with van der Waals surface area (Å²) in [5, 5.41) is 4.82. The van der Waals surface area contributed by atoms with Crippen LogP contribution in [0.3, 0.4) is 0 Å². The van der Waals surface area contributed by atoms with Gasteiger partial charge in [-0.2, -0.15) is 5.10 Å². The summed E-state index contributed by atoms with van der Waals surface area (Å²) in [5.74, 6) is 3.21. The smallest absolute Gasteiger partial charge is 0.165 e. The second kappa shape index (κ2) is 7.02.